The Morgan fingerprint density at radius 1 is 1.04 bits per heavy atom. The lowest BCUT2D eigenvalue weighted by Crippen LogP contribution is -2.48. The summed E-state index contributed by atoms with van der Waals surface area (Å²) in [5.74, 6) is -0.941. The Kier molecular flexibility index (Phi) is 9.61. The highest BCUT2D eigenvalue weighted by Gasteiger charge is 2.10. The normalized spacial score (nSPS) is 9.96. The van der Waals surface area contributed by atoms with Crippen molar-refractivity contribution in [3.05, 3.63) is 28.8 Å². The van der Waals surface area contributed by atoms with E-state index >= 15 is 0 Å². The van der Waals surface area contributed by atoms with Crippen LogP contribution in [0.25, 0.3) is 0 Å². The van der Waals surface area contributed by atoms with E-state index in [2.05, 4.69) is 21.5 Å². The molecule has 0 aliphatic rings. The third-order valence-electron chi connectivity index (χ3n) is 3.45. The van der Waals surface area contributed by atoms with E-state index in [0.29, 0.717) is 17.1 Å². The number of carbonyl (C=O) groups is 3. The molecular weight excluding hydrogens is 376 g/mol. The molecule has 0 heterocycles. The first-order valence-corrected chi connectivity index (χ1v) is 9.05. The maximum atomic E-state index is 11.9. The molecule has 7 nitrogen and oxygen atoms in total. The highest BCUT2D eigenvalue weighted by Crippen LogP contribution is 2.22. The Balaban J connectivity index is 2.29. The minimum atomic E-state index is -0.423. The van der Waals surface area contributed by atoms with Gasteiger partial charge in [0.15, 0.2) is 5.11 Å². The van der Waals surface area contributed by atoms with Crippen LogP contribution in [-0.2, 0) is 14.4 Å². The van der Waals surface area contributed by atoms with E-state index in [4.69, 9.17) is 23.8 Å². The molecule has 0 fully saturated rings. The average Bonchev–Trinajstić information content (AvgIpc) is 2.60. The summed E-state index contributed by atoms with van der Waals surface area (Å²) in [7, 11) is 0. The number of anilines is 1. The van der Waals surface area contributed by atoms with Crippen LogP contribution < -0.4 is 21.5 Å². The van der Waals surface area contributed by atoms with Crippen LogP contribution in [-0.4, -0.2) is 22.8 Å². The number of rotatable bonds is 7. The SMILES string of the molecule is CCCCC(=O)NC(=S)NNC(=O)CCC(=O)Nc1cccc(Cl)c1C. The second-order valence-corrected chi connectivity index (χ2v) is 6.43. The number of halogens is 1. The molecule has 3 amide bonds. The van der Waals surface area contributed by atoms with E-state index in [1.165, 1.54) is 0 Å². The van der Waals surface area contributed by atoms with Crippen LogP contribution in [0.3, 0.4) is 0 Å². The van der Waals surface area contributed by atoms with E-state index in [-0.39, 0.29) is 29.8 Å². The van der Waals surface area contributed by atoms with Gasteiger partial charge in [-0.1, -0.05) is 31.0 Å². The number of hydrogen-bond donors (Lipinski definition) is 4. The Morgan fingerprint density at radius 2 is 1.73 bits per heavy atom. The molecular formula is C17H23ClN4O3S. The molecule has 0 saturated carbocycles. The predicted molar refractivity (Wildman–Crippen MR) is 106 cm³/mol. The van der Waals surface area contributed by atoms with Crippen molar-refractivity contribution in [1.29, 1.82) is 0 Å². The van der Waals surface area contributed by atoms with Crippen molar-refractivity contribution in [2.45, 2.75) is 46.0 Å². The first-order chi connectivity index (χ1) is 12.3. The van der Waals surface area contributed by atoms with Gasteiger partial charge in [-0.25, -0.2) is 0 Å². The zero-order valence-electron chi connectivity index (χ0n) is 14.8. The molecule has 0 bridgehead atoms. The lowest BCUT2D eigenvalue weighted by Gasteiger charge is -2.11. The van der Waals surface area contributed by atoms with Gasteiger partial charge in [0.2, 0.25) is 17.7 Å². The van der Waals surface area contributed by atoms with Gasteiger partial charge in [-0.15, -0.1) is 0 Å². The van der Waals surface area contributed by atoms with Gasteiger partial charge >= 0.3 is 0 Å². The number of nitrogens with one attached hydrogen (secondary N) is 4. The average molecular weight is 399 g/mol. The van der Waals surface area contributed by atoms with Gasteiger partial charge in [0.25, 0.3) is 0 Å². The van der Waals surface area contributed by atoms with Crippen molar-refractivity contribution in [3.8, 4) is 0 Å². The molecule has 0 aliphatic heterocycles. The third-order valence-corrected chi connectivity index (χ3v) is 4.06. The molecule has 1 aromatic rings. The fourth-order valence-electron chi connectivity index (χ4n) is 1.93. The van der Waals surface area contributed by atoms with Crippen molar-refractivity contribution >= 4 is 52.3 Å². The Bertz CT molecular complexity index is 682. The summed E-state index contributed by atoms with van der Waals surface area (Å²) in [6.07, 6.45) is 2.00. The molecule has 0 aliphatic carbocycles. The molecule has 1 aromatic carbocycles. The topological polar surface area (TPSA) is 99.3 Å². The summed E-state index contributed by atoms with van der Waals surface area (Å²) in [5, 5.41) is 5.73. The number of thiocarbonyl (C=S) groups is 1. The summed E-state index contributed by atoms with van der Waals surface area (Å²) >= 11 is 10.9. The van der Waals surface area contributed by atoms with E-state index < -0.39 is 5.91 Å². The van der Waals surface area contributed by atoms with E-state index in [0.717, 1.165) is 18.4 Å². The molecule has 0 saturated heterocycles. The van der Waals surface area contributed by atoms with E-state index in [1.54, 1.807) is 25.1 Å². The van der Waals surface area contributed by atoms with Crippen LogP contribution in [0.1, 0.15) is 44.6 Å². The summed E-state index contributed by atoms with van der Waals surface area (Å²) in [5.41, 5.74) is 6.14. The zero-order chi connectivity index (χ0) is 19.5. The molecule has 0 unspecified atom stereocenters. The molecule has 0 aromatic heterocycles. The maximum absolute atomic E-state index is 11.9. The van der Waals surface area contributed by atoms with Crippen LogP contribution in [0.2, 0.25) is 5.02 Å². The van der Waals surface area contributed by atoms with Crippen LogP contribution in [0.5, 0.6) is 0 Å². The number of benzene rings is 1. The molecule has 1 rings (SSSR count). The van der Waals surface area contributed by atoms with E-state index in [9.17, 15) is 14.4 Å². The molecule has 142 valence electrons. The zero-order valence-corrected chi connectivity index (χ0v) is 16.4. The number of hydrazine groups is 1. The number of hydrogen-bond acceptors (Lipinski definition) is 4. The highest BCUT2D eigenvalue weighted by molar-refractivity contribution is 7.80. The first-order valence-electron chi connectivity index (χ1n) is 8.27. The quantitative estimate of drug-likeness (QED) is 0.418. The molecule has 0 radical (unpaired) electrons. The Morgan fingerprint density at radius 3 is 2.42 bits per heavy atom. The molecule has 4 N–H and O–H groups in total. The van der Waals surface area contributed by atoms with Gasteiger partial charge in [0.05, 0.1) is 0 Å². The minimum Gasteiger partial charge on any atom is -0.326 e. The standard InChI is InChI=1S/C17H23ClN4O3S/c1-3-4-8-14(23)20-17(26)22-21-16(25)10-9-15(24)19-13-7-5-6-12(18)11(13)2/h5-7H,3-4,8-10H2,1-2H3,(H,19,24)(H,21,25)(H2,20,22,23,26). The Labute approximate surface area is 163 Å². The smallest absolute Gasteiger partial charge is 0.238 e. The molecule has 0 spiro atoms. The number of carbonyl (C=O) groups excluding carboxylic acids is 3. The summed E-state index contributed by atoms with van der Waals surface area (Å²) in [6.45, 7) is 3.78. The fourth-order valence-corrected chi connectivity index (χ4v) is 2.27. The van der Waals surface area contributed by atoms with Crippen molar-refractivity contribution in [2.24, 2.45) is 0 Å². The van der Waals surface area contributed by atoms with Crippen LogP contribution >= 0.6 is 23.8 Å². The second-order valence-electron chi connectivity index (χ2n) is 5.61. The second kappa shape index (κ2) is 11.4. The molecule has 0 atom stereocenters. The van der Waals surface area contributed by atoms with E-state index in [1.807, 2.05) is 6.92 Å². The highest BCUT2D eigenvalue weighted by atomic mass is 35.5. The predicted octanol–water partition coefficient (Wildman–Crippen LogP) is 2.58. The van der Waals surface area contributed by atoms with Crippen LogP contribution in [0.4, 0.5) is 5.69 Å². The van der Waals surface area contributed by atoms with Gasteiger partial charge in [-0.05, 0) is 43.3 Å². The summed E-state index contributed by atoms with van der Waals surface area (Å²) in [4.78, 5) is 35.1. The Hall–Kier alpha value is -2.19. The number of unbranched alkanes of at least 4 members (excludes halogenated alkanes) is 1. The summed E-state index contributed by atoms with van der Waals surface area (Å²) < 4.78 is 0. The van der Waals surface area contributed by atoms with Gasteiger partial charge in [0.1, 0.15) is 0 Å². The van der Waals surface area contributed by atoms with Crippen LogP contribution in [0.15, 0.2) is 18.2 Å². The van der Waals surface area contributed by atoms with Gasteiger partial charge in [-0.2, -0.15) is 0 Å². The third kappa shape index (κ3) is 8.26. The molecule has 9 heteroatoms. The lowest BCUT2D eigenvalue weighted by atomic mass is 10.2. The lowest BCUT2D eigenvalue weighted by molar-refractivity contribution is -0.124. The minimum absolute atomic E-state index is 0.00487. The largest absolute Gasteiger partial charge is 0.326 e. The van der Waals surface area contributed by atoms with Crippen molar-refractivity contribution in [1.82, 2.24) is 16.2 Å². The van der Waals surface area contributed by atoms with Gasteiger partial charge in [-0.3, -0.25) is 25.2 Å². The van der Waals surface area contributed by atoms with Gasteiger partial charge < -0.3 is 10.6 Å². The van der Waals surface area contributed by atoms with Crippen molar-refractivity contribution in [3.63, 3.8) is 0 Å². The van der Waals surface area contributed by atoms with Crippen LogP contribution in [0, 0.1) is 6.92 Å². The maximum Gasteiger partial charge on any atom is 0.238 e. The fraction of sp³-hybridized carbons (Fsp3) is 0.412. The number of amides is 3. The van der Waals surface area contributed by atoms with Crippen molar-refractivity contribution < 1.29 is 14.4 Å². The molecule has 26 heavy (non-hydrogen) atoms. The first kappa shape index (κ1) is 21.9. The monoisotopic (exact) mass is 398 g/mol. The van der Waals surface area contributed by atoms with Gasteiger partial charge in [0, 0.05) is 30.0 Å². The summed E-state index contributed by atoms with van der Waals surface area (Å²) in [6, 6.07) is 5.20. The van der Waals surface area contributed by atoms with Crippen molar-refractivity contribution in [2.75, 3.05) is 5.32 Å².